The first-order chi connectivity index (χ1) is 7.05. The van der Waals surface area contributed by atoms with Crippen LogP contribution in [0.5, 0.6) is 0 Å². The fourth-order valence-electron chi connectivity index (χ4n) is 1.89. The lowest BCUT2D eigenvalue weighted by Gasteiger charge is -2.15. The maximum atomic E-state index is 12.9. The number of nitrogen functional groups attached to an aromatic ring is 1. The number of alkyl halides is 2. The smallest absolute Gasteiger partial charge is 0.261 e. The van der Waals surface area contributed by atoms with E-state index < -0.39 is 5.92 Å². The van der Waals surface area contributed by atoms with Gasteiger partial charge in [-0.3, -0.25) is 4.90 Å². The molecule has 0 radical (unpaired) electrons. The van der Waals surface area contributed by atoms with E-state index in [1.807, 2.05) is 18.2 Å². The molecule has 1 aromatic carbocycles. The molecule has 0 unspecified atom stereocenters. The highest BCUT2D eigenvalue weighted by molar-refractivity contribution is 5.40. The summed E-state index contributed by atoms with van der Waals surface area (Å²) >= 11 is 0. The van der Waals surface area contributed by atoms with Gasteiger partial charge in [0.15, 0.2) is 0 Å². The second-order valence-corrected chi connectivity index (χ2v) is 4.06. The average molecular weight is 212 g/mol. The third-order valence-electron chi connectivity index (χ3n) is 2.61. The van der Waals surface area contributed by atoms with Crippen LogP contribution in [0.2, 0.25) is 0 Å². The highest BCUT2D eigenvalue weighted by atomic mass is 19.3. The van der Waals surface area contributed by atoms with Crippen molar-refractivity contribution in [3.63, 3.8) is 0 Å². The molecule has 0 amide bonds. The second-order valence-electron chi connectivity index (χ2n) is 4.06. The van der Waals surface area contributed by atoms with Crippen molar-refractivity contribution in [2.24, 2.45) is 0 Å². The van der Waals surface area contributed by atoms with Gasteiger partial charge in [0, 0.05) is 25.2 Å². The summed E-state index contributed by atoms with van der Waals surface area (Å²) in [5.74, 6) is -2.51. The summed E-state index contributed by atoms with van der Waals surface area (Å²) in [4.78, 5) is 1.76. The van der Waals surface area contributed by atoms with E-state index in [-0.39, 0.29) is 13.0 Å². The van der Waals surface area contributed by atoms with Gasteiger partial charge < -0.3 is 5.73 Å². The monoisotopic (exact) mass is 212 g/mol. The molecule has 0 atom stereocenters. The van der Waals surface area contributed by atoms with Gasteiger partial charge in [-0.25, -0.2) is 8.78 Å². The molecule has 0 aromatic heterocycles. The number of nitrogens with two attached hydrogens (primary N) is 1. The number of hydrogen-bond acceptors (Lipinski definition) is 2. The summed E-state index contributed by atoms with van der Waals surface area (Å²) in [5, 5.41) is 0. The van der Waals surface area contributed by atoms with Gasteiger partial charge in [0.1, 0.15) is 0 Å². The molecule has 0 bridgehead atoms. The van der Waals surface area contributed by atoms with Crippen molar-refractivity contribution >= 4 is 5.69 Å². The van der Waals surface area contributed by atoms with Crippen LogP contribution >= 0.6 is 0 Å². The Morgan fingerprint density at radius 2 is 2.20 bits per heavy atom. The van der Waals surface area contributed by atoms with E-state index in [1.54, 1.807) is 11.0 Å². The fraction of sp³-hybridized carbons (Fsp3) is 0.455. The molecule has 0 aliphatic carbocycles. The number of rotatable bonds is 2. The Bertz CT molecular complexity index is 352. The summed E-state index contributed by atoms with van der Waals surface area (Å²) < 4.78 is 25.8. The van der Waals surface area contributed by atoms with Crippen molar-refractivity contribution in [2.45, 2.75) is 18.9 Å². The van der Waals surface area contributed by atoms with E-state index in [2.05, 4.69) is 0 Å². The normalized spacial score (nSPS) is 20.7. The van der Waals surface area contributed by atoms with E-state index in [0.29, 0.717) is 18.8 Å². The predicted octanol–water partition coefficient (Wildman–Crippen LogP) is 2.11. The van der Waals surface area contributed by atoms with Gasteiger partial charge in [0.2, 0.25) is 0 Å². The zero-order chi connectivity index (χ0) is 10.9. The molecule has 2 rings (SSSR count). The summed E-state index contributed by atoms with van der Waals surface area (Å²) in [6, 6.07) is 7.38. The van der Waals surface area contributed by atoms with Crippen molar-refractivity contribution in [3.8, 4) is 0 Å². The summed E-state index contributed by atoms with van der Waals surface area (Å²) in [7, 11) is 0. The van der Waals surface area contributed by atoms with Gasteiger partial charge in [-0.05, 0) is 17.7 Å². The first kappa shape index (κ1) is 10.4. The van der Waals surface area contributed by atoms with E-state index in [1.165, 1.54) is 0 Å². The highest BCUT2D eigenvalue weighted by Gasteiger charge is 2.37. The second kappa shape index (κ2) is 3.77. The zero-order valence-corrected chi connectivity index (χ0v) is 8.42. The van der Waals surface area contributed by atoms with Crippen molar-refractivity contribution < 1.29 is 8.78 Å². The number of halogens is 2. The molecule has 0 saturated carbocycles. The summed E-state index contributed by atoms with van der Waals surface area (Å²) in [5.41, 5.74) is 7.29. The quantitative estimate of drug-likeness (QED) is 0.761. The van der Waals surface area contributed by atoms with Crippen LogP contribution in [0, 0.1) is 0 Å². The lowest BCUT2D eigenvalue weighted by molar-refractivity contribution is 0.0115. The number of likely N-dealkylation sites (tertiary alicyclic amines) is 1. The van der Waals surface area contributed by atoms with Gasteiger partial charge in [-0.1, -0.05) is 12.1 Å². The molecular weight excluding hydrogens is 198 g/mol. The van der Waals surface area contributed by atoms with Crippen LogP contribution in [-0.4, -0.2) is 23.9 Å². The molecular formula is C11H14F2N2. The fourth-order valence-corrected chi connectivity index (χ4v) is 1.89. The van der Waals surface area contributed by atoms with Crippen LogP contribution < -0.4 is 5.73 Å². The average Bonchev–Trinajstić information content (AvgIpc) is 2.45. The van der Waals surface area contributed by atoms with E-state index in [9.17, 15) is 8.78 Å². The van der Waals surface area contributed by atoms with Gasteiger partial charge >= 0.3 is 0 Å². The number of anilines is 1. The Morgan fingerprint density at radius 3 is 2.80 bits per heavy atom. The van der Waals surface area contributed by atoms with Crippen molar-refractivity contribution in [3.05, 3.63) is 29.8 Å². The lowest BCUT2D eigenvalue weighted by Crippen LogP contribution is -2.24. The molecule has 0 spiro atoms. The maximum absolute atomic E-state index is 12.9. The number of benzene rings is 1. The molecule has 2 N–H and O–H groups in total. The van der Waals surface area contributed by atoms with Gasteiger partial charge in [0.05, 0.1) is 6.54 Å². The van der Waals surface area contributed by atoms with Gasteiger partial charge in [0.25, 0.3) is 5.92 Å². The Labute approximate surface area is 87.7 Å². The van der Waals surface area contributed by atoms with Crippen LogP contribution in [0.25, 0.3) is 0 Å². The van der Waals surface area contributed by atoms with Gasteiger partial charge in [-0.15, -0.1) is 0 Å². The predicted molar refractivity (Wildman–Crippen MR) is 55.7 cm³/mol. The molecule has 15 heavy (non-hydrogen) atoms. The SMILES string of the molecule is Nc1cccc(CN2CCC(F)(F)C2)c1. The third-order valence-corrected chi connectivity index (χ3v) is 2.61. The van der Waals surface area contributed by atoms with Crippen molar-refractivity contribution in [2.75, 3.05) is 18.8 Å². The minimum Gasteiger partial charge on any atom is -0.399 e. The zero-order valence-electron chi connectivity index (χ0n) is 8.42. The largest absolute Gasteiger partial charge is 0.399 e. The molecule has 1 aromatic rings. The molecule has 1 saturated heterocycles. The van der Waals surface area contributed by atoms with E-state index >= 15 is 0 Å². The topological polar surface area (TPSA) is 29.3 Å². The molecule has 4 heteroatoms. The first-order valence-electron chi connectivity index (χ1n) is 5.00. The first-order valence-corrected chi connectivity index (χ1v) is 5.00. The van der Waals surface area contributed by atoms with Crippen molar-refractivity contribution in [1.29, 1.82) is 0 Å². The van der Waals surface area contributed by atoms with E-state index in [0.717, 1.165) is 5.56 Å². The maximum Gasteiger partial charge on any atom is 0.261 e. The lowest BCUT2D eigenvalue weighted by atomic mass is 10.2. The Hall–Kier alpha value is -1.16. The Morgan fingerprint density at radius 1 is 1.40 bits per heavy atom. The molecule has 1 fully saturated rings. The number of hydrogen-bond donors (Lipinski definition) is 1. The van der Waals surface area contributed by atoms with Crippen LogP contribution in [0.4, 0.5) is 14.5 Å². The molecule has 1 aliphatic rings. The van der Waals surface area contributed by atoms with E-state index in [4.69, 9.17) is 5.73 Å². The minimum atomic E-state index is -2.51. The van der Waals surface area contributed by atoms with Crippen LogP contribution in [0.1, 0.15) is 12.0 Å². The minimum absolute atomic E-state index is 0.0324. The Kier molecular flexibility index (Phi) is 2.61. The highest BCUT2D eigenvalue weighted by Crippen LogP contribution is 2.27. The molecule has 2 nitrogen and oxygen atoms in total. The summed E-state index contributed by atoms with van der Waals surface area (Å²) in [6.45, 7) is 0.879. The van der Waals surface area contributed by atoms with Crippen molar-refractivity contribution in [1.82, 2.24) is 4.90 Å². The van der Waals surface area contributed by atoms with Crippen LogP contribution in [0.3, 0.4) is 0 Å². The molecule has 1 aliphatic heterocycles. The van der Waals surface area contributed by atoms with Gasteiger partial charge in [-0.2, -0.15) is 0 Å². The standard InChI is InChI=1S/C11H14F2N2/c12-11(13)4-5-15(8-11)7-9-2-1-3-10(14)6-9/h1-3,6H,4-5,7-8,14H2. The molecule has 82 valence electrons. The van der Waals surface area contributed by atoms with Crippen LogP contribution in [0.15, 0.2) is 24.3 Å². The van der Waals surface area contributed by atoms with Crippen LogP contribution in [-0.2, 0) is 6.54 Å². The number of nitrogens with zero attached hydrogens (tertiary/aromatic N) is 1. The summed E-state index contributed by atoms with van der Waals surface area (Å²) in [6.07, 6.45) is -0.0324. The molecule has 1 heterocycles. The Balaban J connectivity index is 1.99. The third kappa shape index (κ3) is 2.65.